The topological polar surface area (TPSA) is 37.3 Å². The molecule has 1 aliphatic rings. The van der Waals surface area contributed by atoms with Gasteiger partial charge in [0, 0.05) is 5.92 Å². The summed E-state index contributed by atoms with van der Waals surface area (Å²) >= 11 is 5.46. The van der Waals surface area contributed by atoms with Crippen molar-refractivity contribution in [1.29, 1.82) is 0 Å². The standard InChI is InChI=1S/C12H11ClF2O2/c13-9-5-10(14)8(3-11(9)15)7(4-12(16)17)6-1-2-6/h3,5-7H,1-2,4H2,(H,16,17). The van der Waals surface area contributed by atoms with Crippen LogP contribution in [0.3, 0.4) is 0 Å². The first kappa shape index (κ1) is 12.3. The highest BCUT2D eigenvalue weighted by Crippen LogP contribution is 2.45. The van der Waals surface area contributed by atoms with E-state index in [1.807, 2.05) is 0 Å². The Morgan fingerprint density at radius 3 is 2.59 bits per heavy atom. The van der Waals surface area contributed by atoms with Gasteiger partial charge >= 0.3 is 5.97 Å². The maximum atomic E-state index is 13.7. The van der Waals surface area contributed by atoms with E-state index < -0.39 is 23.5 Å². The molecule has 1 unspecified atom stereocenters. The van der Waals surface area contributed by atoms with Gasteiger partial charge in [-0.15, -0.1) is 0 Å². The van der Waals surface area contributed by atoms with Crippen LogP contribution in [0, 0.1) is 17.6 Å². The number of carboxylic acid groups (broad SMARTS) is 1. The molecule has 1 atom stereocenters. The van der Waals surface area contributed by atoms with E-state index in [9.17, 15) is 13.6 Å². The quantitative estimate of drug-likeness (QED) is 0.840. The van der Waals surface area contributed by atoms with Crippen LogP contribution in [-0.4, -0.2) is 11.1 Å². The number of aliphatic carboxylic acids is 1. The highest BCUT2D eigenvalue weighted by molar-refractivity contribution is 6.30. The molecule has 1 saturated carbocycles. The minimum atomic E-state index is -1.00. The van der Waals surface area contributed by atoms with Crippen LogP contribution in [0.15, 0.2) is 12.1 Å². The van der Waals surface area contributed by atoms with Gasteiger partial charge in [0.2, 0.25) is 0 Å². The summed E-state index contributed by atoms with van der Waals surface area (Å²) in [5.41, 5.74) is 0.122. The molecule has 1 aromatic carbocycles. The van der Waals surface area contributed by atoms with E-state index in [0.717, 1.165) is 25.0 Å². The lowest BCUT2D eigenvalue weighted by molar-refractivity contribution is -0.137. The molecule has 0 heterocycles. The van der Waals surface area contributed by atoms with Crippen LogP contribution in [0.4, 0.5) is 8.78 Å². The molecule has 0 radical (unpaired) electrons. The van der Waals surface area contributed by atoms with Gasteiger partial charge in [0.05, 0.1) is 11.4 Å². The van der Waals surface area contributed by atoms with Crippen LogP contribution in [0.2, 0.25) is 5.02 Å². The lowest BCUT2D eigenvalue weighted by Crippen LogP contribution is -2.10. The summed E-state index contributed by atoms with van der Waals surface area (Å²) in [6, 6.07) is 1.92. The minimum absolute atomic E-state index is 0.122. The number of carbonyl (C=O) groups is 1. The summed E-state index contributed by atoms with van der Waals surface area (Å²) in [5, 5.41) is 8.51. The number of benzene rings is 1. The molecule has 0 amide bonds. The van der Waals surface area contributed by atoms with E-state index in [-0.39, 0.29) is 22.9 Å². The second kappa shape index (κ2) is 4.61. The Bertz CT molecular complexity index is 458. The number of hydrogen-bond acceptors (Lipinski definition) is 1. The van der Waals surface area contributed by atoms with Crippen molar-refractivity contribution >= 4 is 17.6 Å². The monoisotopic (exact) mass is 260 g/mol. The van der Waals surface area contributed by atoms with E-state index in [1.54, 1.807) is 0 Å². The average Bonchev–Trinajstić information content (AvgIpc) is 3.04. The Hall–Kier alpha value is -1.16. The van der Waals surface area contributed by atoms with Crippen LogP contribution in [0.25, 0.3) is 0 Å². The first-order valence-electron chi connectivity index (χ1n) is 5.35. The zero-order valence-corrected chi connectivity index (χ0v) is 9.68. The van der Waals surface area contributed by atoms with Crippen molar-refractivity contribution in [2.75, 3.05) is 0 Å². The van der Waals surface area contributed by atoms with E-state index in [2.05, 4.69) is 0 Å². The van der Waals surface area contributed by atoms with Gasteiger partial charge in [-0.1, -0.05) is 11.6 Å². The molecule has 1 N–H and O–H groups in total. The zero-order chi connectivity index (χ0) is 12.6. The number of rotatable bonds is 4. The fraction of sp³-hybridized carbons (Fsp3) is 0.417. The summed E-state index contributed by atoms with van der Waals surface area (Å²) < 4.78 is 27.0. The van der Waals surface area contributed by atoms with Crippen molar-refractivity contribution < 1.29 is 18.7 Å². The molecular formula is C12H11ClF2O2. The van der Waals surface area contributed by atoms with Crippen LogP contribution < -0.4 is 0 Å². The van der Waals surface area contributed by atoms with E-state index in [1.165, 1.54) is 0 Å². The van der Waals surface area contributed by atoms with Crippen molar-refractivity contribution in [3.8, 4) is 0 Å². The van der Waals surface area contributed by atoms with Gasteiger partial charge in [0.25, 0.3) is 0 Å². The van der Waals surface area contributed by atoms with Gasteiger partial charge < -0.3 is 5.11 Å². The lowest BCUT2D eigenvalue weighted by atomic mass is 9.90. The maximum absolute atomic E-state index is 13.7. The van der Waals surface area contributed by atoms with Gasteiger partial charge in [0.1, 0.15) is 11.6 Å². The number of halogens is 3. The van der Waals surface area contributed by atoms with E-state index in [4.69, 9.17) is 16.7 Å². The molecule has 5 heteroatoms. The van der Waals surface area contributed by atoms with Gasteiger partial charge in [-0.2, -0.15) is 0 Å². The molecule has 1 fully saturated rings. The third-order valence-corrected chi connectivity index (χ3v) is 3.31. The number of carboxylic acids is 1. The smallest absolute Gasteiger partial charge is 0.303 e. The Morgan fingerprint density at radius 2 is 2.06 bits per heavy atom. The molecule has 0 saturated heterocycles. The molecule has 0 spiro atoms. The van der Waals surface area contributed by atoms with Crippen LogP contribution in [-0.2, 0) is 4.79 Å². The fourth-order valence-electron chi connectivity index (χ4n) is 2.04. The molecule has 1 aliphatic carbocycles. The summed E-state index contributed by atoms with van der Waals surface area (Å²) in [6.07, 6.45) is 1.55. The Labute approximate surface area is 102 Å². The van der Waals surface area contributed by atoms with Crippen molar-refractivity contribution in [3.05, 3.63) is 34.4 Å². The summed E-state index contributed by atoms with van der Waals surface area (Å²) in [7, 11) is 0. The van der Waals surface area contributed by atoms with Crippen LogP contribution >= 0.6 is 11.6 Å². The van der Waals surface area contributed by atoms with E-state index >= 15 is 0 Å². The third-order valence-electron chi connectivity index (χ3n) is 3.02. The molecule has 0 bridgehead atoms. The molecule has 0 aromatic heterocycles. The molecule has 17 heavy (non-hydrogen) atoms. The largest absolute Gasteiger partial charge is 0.481 e. The fourth-order valence-corrected chi connectivity index (χ4v) is 2.19. The molecule has 2 rings (SSSR count). The van der Waals surface area contributed by atoms with Crippen molar-refractivity contribution in [1.82, 2.24) is 0 Å². The molecule has 92 valence electrons. The summed E-state index contributed by atoms with van der Waals surface area (Å²) in [5.74, 6) is -2.66. The summed E-state index contributed by atoms with van der Waals surface area (Å²) in [4.78, 5) is 10.7. The Morgan fingerprint density at radius 1 is 1.41 bits per heavy atom. The first-order chi connectivity index (χ1) is 7.99. The lowest BCUT2D eigenvalue weighted by Gasteiger charge is -2.15. The maximum Gasteiger partial charge on any atom is 0.303 e. The SMILES string of the molecule is O=C(O)CC(c1cc(F)c(Cl)cc1F)C1CC1. The third kappa shape index (κ3) is 2.75. The predicted octanol–water partition coefficient (Wildman–Crippen LogP) is 3.59. The Balaban J connectivity index is 2.35. The second-order valence-corrected chi connectivity index (χ2v) is 4.74. The summed E-state index contributed by atoms with van der Waals surface area (Å²) in [6.45, 7) is 0. The first-order valence-corrected chi connectivity index (χ1v) is 5.73. The van der Waals surface area contributed by atoms with Crippen molar-refractivity contribution in [2.45, 2.75) is 25.2 Å². The number of hydrogen-bond donors (Lipinski definition) is 1. The molecule has 1 aromatic rings. The van der Waals surface area contributed by atoms with Crippen molar-refractivity contribution in [3.63, 3.8) is 0 Å². The Kier molecular flexibility index (Phi) is 3.33. The molecule has 0 aliphatic heterocycles. The highest BCUT2D eigenvalue weighted by atomic mass is 35.5. The van der Waals surface area contributed by atoms with Gasteiger partial charge in [-0.3, -0.25) is 4.79 Å². The average molecular weight is 261 g/mol. The van der Waals surface area contributed by atoms with E-state index in [0.29, 0.717) is 0 Å². The highest BCUT2D eigenvalue weighted by Gasteiger charge is 2.35. The van der Waals surface area contributed by atoms with Gasteiger partial charge in [0.15, 0.2) is 0 Å². The molecule has 2 nitrogen and oxygen atoms in total. The predicted molar refractivity (Wildman–Crippen MR) is 59.1 cm³/mol. The van der Waals surface area contributed by atoms with Crippen molar-refractivity contribution in [2.24, 2.45) is 5.92 Å². The van der Waals surface area contributed by atoms with Gasteiger partial charge in [-0.25, -0.2) is 8.78 Å². The van der Waals surface area contributed by atoms with Crippen LogP contribution in [0.5, 0.6) is 0 Å². The van der Waals surface area contributed by atoms with Gasteiger partial charge in [-0.05, 0) is 36.5 Å². The second-order valence-electron chi connectivity index (χ2n) is 4.33. The molecular weight excluding hydrogens is 250 g/mol. The normalized spacial score (nSPS) is 16.9. The van der Waals surface area contributed by atoms with Crippen LogP contribution in [0.1, 0.15) is 30.7 Å². The zero-order valence-electron chi connectivity index (χ0n) is 8.92. The minimum Gasteiger partial charge on any atom is -0.481 e.